The smallest absolute Gasteiger partial charge is 0.339 e. The average Bonchev–Trinajstić information content (AvgIpc) is 3.38. The Balaban J connectivity index is 1.54. The number of benzene rings is 1. The second-order valence-corrected chi connectivity index (χ2v) is 7.94. The topological polar surface area (TPSA) is 59.8 Å². The number of hydrogen-bond donors (Lipinski definition) is 0. The first-order valence-electron chi connectivity index (χ1n) is 9.50. The van der Waals surface area contributed by atoms with Crippen LogP contribution in [0.25, 0.3) is 11.0 Å². The fourth-order valence-electron chi connectivity index (χ4n) is 4.04. The molecule has 5 nitrogen and oxygen atoms in total. The van der Waals surface area contributed by atoms with Gasteiger partial charge in [0.1, 0.15) is 11.3 Å². The van der Waals surface area contributed by atoms with Gasteiger partial charge in [0.05, 0.1) is 13.2 Å². The van der Waals surface area contributed by atoms with Crippen LogP contribution in [0.2, 0.25) is 0 Å². The van der Waals surface area contributed by atoms with Gasteiger partial charge in [-0.25, -0.2) is 4.79 Å². The molecule has 1 fully saturated rings. The number of carbonyl (C=O) groups excluding carboxylic acids is 1. The Bertz CT molecular complexity index is 1050. The molecular weight excluding hydrogens is 374 g/mol. The van der Waals surface area contributed by atoms with Crippen LogP contribution in [0, 0.1) is 6.92 Å². The number of amides is 1. The number of carbonyl (C=O) groups is 1. The van der Waals surface area contributed by atoms with Crippen LogP contribution in [0.4, 0.5) is 0 Å². The Labute approximate surface area is 167 Å². The van der Waals surface area contributed by atoms with E-state index in [4.69, 9.17) is 9.15 Å². The summed E-state index contributed by atoms with van der Waals surface area (Å²) in [6.45, 7) is 2.69. The monoisotopic (exact) mass is 397 g/mol. The van der Waals surface area contributed by atoms with Crippen LogP contribution >= 0.6 is 11.3 Å². The predicted octanol–water partition coefficient (Wildman–Crippen LogP) is 4.47. The third-order valence-electron chi connectivity index (χ3n) is 5.58. The number of nitrogens with zero attached hydrogens (tertiary/aromatic N) is 1. The molecule has 0 saturated carbocycles. The normalized spacial score (nSPS) is 16.6. The molecule has 6 heteroatoms. The number of ether oxygens (including phenoxy) is 1. The Kier molecular flexibility index (Phi) is 5.22. The second-order valence-electron chi connectivity index (χ2n) is 7.16. The number of methoxy groups -OCH3 is 1. The zero-order chi connectivity index (χ0) is 19.7. The predicted molar refractivity (Wildman–Crippen MR) is 110 cm³/mol. The quantitative estimate of drug-likeness (QED) is 0.596. The molecule has 0 bridgehead atoms. The summed E-state index contributed by atoms with van der Waals surface area (Å²) in [6, 6.07) is 7.72. The van der Waals surface area contributed by atoms with Gasteiger partial charge in [-0.15, -0.1) is 0 Å². The molecule has 3 aromatic rings. The fraction of sp³-hybridized carbons (Fsp3) is 0.364. The molecule has 0 radical (unpaired) electrons. The molecule has 146 valence electrons. The zero-order valence-corrected chi connectivity index (χ0v) is 16.9. The second kappa shape index (κ2) is 7.80. The van der Waals surface area contributed by atoms with E-state index in [2.05, 4.69) is 16.8 Å². The van der Waals surface area contributed by atoms with Crippen LogP contribution in [0.3, 0.4) is 0 Å². The van der Waals surface area contributed by atoms with Gasteiger partial charge in [0.2, 0.25) is 5.91 Å². The van der Waals surface area contributed by atoms with E-state index in [0.717, 1.165) is 30.3 Å². The lowest BCUT2D eigenvalue weighted by molar-refractivity contribution is -0.132. The van der Waals surface area contributed by atoms with Crippen LogP contribution in [0.5, 0.6) is 5.75 Å². The summed E-state index contributed by atoms with van der Waals surface area (Å²) in [6.07, 6.45) is 2.72. The summed E-state index contributed by atoms with van der Waals surface area (Å²) in [7, 11) is 1.58. The number of thiophene rings is 1. The number of likely N-dealkylation sites (tertiary alicyclic amines) is 1. The third-order valence-corrected chi connectivity index (χ3v) is 6.29. The van der Waals surface area contributed by atoms with Gasteiger partial charge in [-0.3, -0.25) is 4.79 Å². The van der Waals surface area contributed by atoms with Crippen molar-refractivity contribution >= 4 is 28.2 Å². The molecule has 0 N–H and O–H groups in total. The summed E-state index contributed by atoms with van der Waals surface area (Å²) in [4.78, 5) is 27.3. The van der Waals surface area contributed by atoms with Gasteiger partial charge >= 0.3 is 5.63 Å². The molecule has 2 aromatic heterocycles. The maximum Gasteiger partial charge on any atom is 0.339 e. The van der Waals surface area contributed by atoms with E-state index in [1.54, 1.807) is 24.5 Å². The minimum Gasteiger partial charge on any atom is -0.497 e. The highest BCUT2D eigenvalue weighted by molar-refractivity contribution is 7.08. The summed E-state index contributed by atoms with van der Waals surface area (Å²) >= 11 is 1.66. The Morgan fingerprint density at radius 3 is 2.96 bits per heavy atom. The molecular formula is C22H23NO4S. The van der Waals surface area contributed by atoms with Crippen LogP contribution in [0.1, 0.15) is 42.0 Å². The van der Waals surface area contributed by atoms with Crippen molar-refractivity contribution in [3.63, 3.8) is 0 Å². The van der Waals surface area contributed by atoms with Crippen LogP contribution in [0.15, 0.2) is 44.2 Å². The van der Waals surface area contributed by atoms with Crippen LogP contribution < -0.4 is 10.4 Å². The molecule has 3 heterocycles. The first-order chi connectivity index (χ1) is 13.6. The molecule has 0 unspecified atom stereocenters. The number of fused-ring (bicyclic) bond motifs is 1. The third kappa shape index (κ3) is 3.44. The van der Waals surface area contributed by atoms with E-state index >= 15 is 0 Å². The lowest BCUT2D eigenvalue weighted by atomic mass is 10.0. The van der Waals surface area contributed by atoms with Crippen LogP contribution in [-0.2, 0) is 11.2 Å². The van der Waals surface area contributed by atoms with Crippen molar-refractivity contribution in [2.45, 2.75) is 38.6 Å². The molecule has 0 aliphatic carbocycles. The summed E-state index contributed by atoms with van der Waals surface area (Å²) in [5.74, 6) is 0.744. The minimum absolute atomic E-state index is 0.0994. The van der Waals surface area contributed by atoms with Crippen molar-refractivity contribution in [2.75, 3.05) is 13.7 Å². The lowest BCUT2D eigenvalue weighted by Crippen LogP contribution is -2.31. The van der Waals surface area contributed by atoms with Crippen molar-refractivity contribution in [1.82, 2.24) is 4.90 Å². The fourth-order valence-corrected chi connectivity index (χ4v) is 4.75. The maximum atomic E-state index is 12.9. The summed E-state index contributed by atoms with van der Waals surface area (Å²) in [5, 5.41) is 5.04. The van der Waals surface area contributed by atoms with Gasteiger partial charge in [-0.1, -0.05) is 0 Å². The first-order valence-corrected chi connectivity index (χ1v) is 10.4. The molecule has 1 aliphatic rings. The van der Waals surface area contributed by atoms with Crippen molar-refractivity contribution in [3.05, 3.63) is 62.1 Å². The average molecular weight is 397 g/mol. The Hall–Kier alpha value is -2.60. The highest BCUT2D eigenvalue weighted by Crippen LogP contribution is 2.33. The van der Waals surface area contributed by atoms with Gasteiger partial charge in [0.15, 0.2) is 0 Å². The largest absolute Gasteiger partial charge is 0.497 e. The SMILES string of the molecule is COc1ccc2c(C)c(CCC(=O)N3CCC[C@H]3c3ccsc3)c(=O)oc2c1. The van der Waals surface area contributed by atoms with E-state index in [0.29, 0.717) is 29.7 Å². The van der Waals surface area contributed by atoms with Gasteiger partial charge in [-0.05, 0) is 66.3 Å². The molecule has 1 amide bonds. The van der Waals surface area contributed by atoms with Crippen molar-refractivity contribution in [2.24, 2.45) is 0 Å². The van der Waals surface area contributed by atoms with Crippen molar-refractivity contribution < 1.29 is 13.9 Å². The van der Waals surface area contributed by atoms with Gasteiger partial charge in [0.25, 0.3) is 0 Å². The molecule has 1 aliphatic heterocycles. The zero-order valence-electron chi connectivity index (χ0n) is 16.1. The summed E-state index contributed by atoms with van der Waals surface area (Å²) < 4.78 is 10.7. The number of rotatable bonds is 5. The van der Waals surface area contributed by atoms with E-state index in [1.807, 2.05) is 24.0 Å². The van der Waals surface area contributed by atoms with Crippen LogP contribution in [-0.4, -0.2) is 24.5 Å². The van der Waals surface area contributed by atoms with E-state index in [1.165, 1.54) is 5.56 Å². The number of aryl methyl sites for hydroxylation is 1. The van der Waals surface area contributed by atoms with Crippen molar-refractivity contribution in [3.8, 4) is 5.75 Å². The molecule has 1 aromatic carbocycles. The Morgan fingerprint density at radius 2 is 2.21 bits per heavy atom. The summed E-state index contributed by atoms with van der Waals surface area (Å²) in [5.41, 5.74) is 2.80. The van der Waals surface area contributed by atoms with Gasteiger partial charge in [0, 0.05) is 30.0 Å². The molecule has 1 saturated heterocycles. The molecule has 4 rings (SSSR count). The maximum absolute atomic E-state index is 12.9. The van der Waals surface area contributed by atoms with Gasteiger partial charge in [-0.2, -0.15) is 11.3 Å². The van der Waals surface area contributed by atoms with Crippen molar-refractivity contribution in [1.29, 1.82) is 0 Å². The minimum atomic E-state index is -0.373. The van der Waals surface area contributed by atoms with E-state index < -0.39 is 0 Å². The highest BCUT2D eigenvalue weighted by atomic mass is 32.1. The molecule has 1 atom stereocenters. The standard InChI is InChI=1S/C22H23NO4S/c1-14-17-6-5-16(26-2)12-20(17)27-22(25)18(14)7-8-21(24)23-10-3-4-19(23)15-9-11-28-13-15/h5-6,9,11-13,19H,3-4,7-8,10H2,1-2H3/t19-/m0/s1. The van der Waals surface area contributed by atoms with E-state index in [9.17, 15) is 9.59 Å². The highest BCUT2D eigenvalue weighted by Gasteiger charge is 2.30. The molecule has 28 heavy (non-hydrogen) atoms. The number of hydrogen-bond acceptors (Lipinski definition) is 5. The molecule has 0 spiro atoms. The lowest BCUT2D eigenvalue weighted by Gasteiger charge is -2.24. The Morgan fingerprint density at radius 1 is 1.36 bits per heavy atom. The first kappa shape index (κ1) is 18.7. The van der Waals surface area contributed by atoms with E-state index in [-0.39, 0.29) is 17.6 Å². The van der Waals surface area contributed by atoms with Gasteiger partial charge < -0.3 is 14.1 Å².